The van der Waals surface area contributed by atoms with Gasteiger partial charge in [-0.25, -0.2) is 4.98 Å². The fourth-order valence-corrected chi connectivity index (χ4v) is 2.86. The van der Waals surface area contributed by atoms with Crippen LogP contribution in [0.5, 0.6) is 5.75 Å². The summed E-state index contributed by atoms with van der Waals surface area (Å²) in [5.74, 6) is 1.53. The highest BCUT2D eigenvalue weighted by molar-refractivity contribution is 9.11. The number of hydrogen-bond donors (Lipinski definition) is 1. The third-order valence-corrected chi connectivity index (χ3v) is 3.98. The van der Waals surface area contributed by atoms with Crippen LogP contribution in [0.1, 0.15) is 0 Å². The third kappa shape index (κ3) is 3.24. The van der Waals surface area contributed by atoms with Crippen molar-refractivity contribution in [3.05, 3.63) is 43.9 Å². The number of pyridine rings is 1. The normalized spacial score (nSPS) is 10.2. The number of hydrogen-bond acceptors (Lipinski definition) is 3. The number of benzene rings is 1. The summed E-state index contributed by atoms with van der Waals surface area (Å²) in [4.78, 5) is 4.26. The summed E-state index contributed by atoms with van der Waals surface area (Å²) in [5.41, 5.74) is 0.893. The Hall–Kier alpha value is -0.590. The molecule has 0 radical (unpaired) electrons. The van der Waals surface area contributed by atoms with Crippen molar-refractivity contribution < 1.29 is 4.74 Å². The molecule has 1 heterocycles. The lowest BCUT2D eigenvalue weighted by Gasteiger charge is -2.11. The zero-order chi connectivity index (χ0) is 13.1. The molecule has 0 bridgehead atoms. The number of anilines is 2. The zero-order valence-electron chi connectivity index (χ0n) is 9.38. The molecule has 3 nitrogen and oxygen atoms in total. The Morgan fingerprint density at radius 2 is 1.89 bits per heavy atom. The molecule has 0 amide bonds. The largest absolute Gasteiger partial charge is 0.495 e. The number of ether oxygens (including phenoxy) is 1. The highest BCUT2D eigenvalue weighted by Crippen LogP contribution is 2.35. The van der Waals surface area contributed by atoms with Crippen molar-refractivity contribution in [2.45, 2.75) is 0 Å². The van der Waals surface area contributed by atoms with Gasteiger partial charge >= 0.3 is 0 Å². The first-order chi connectivity index (χ1) is 8.60. The summed E-state index contributed by atoms with van der Waals surface area (Å²) < 4.78 is 8.03. The molecule has 0 saturated heterocycles. The van der Waals surface area contributed by atoms with E-state index in [9.17, 15) is 0 Å². The minimum absolute atomic E-state index is 0.762. The minimum atomic E-state index is 0.762. The van der Waals surface area contributed by atoms with Gasteiger partial charge in [0.2, 0.25) is 0 Å². The highest BCUT2D eigenvalue weighted by atomic mass is 79.9. The molecule has 0 saturated carbocycles. The second-order valence-corrected chi connectivity index (χ2v) is 6.08. The van der Waals surface area contributed by atoms with Crippen LogP contribution >= 0.6 is 47.8 Å². The van der Waals surface area contributed by atoms with E-state index in [0.717, 1.165) is 30.7 Å². The SMILES string of the molecule is COc1cc(Nc2ccc(Br)cn2)c(Br)cc1Br. The maximum absolute atomic E-state index is 5.26. The van der Waals surface area contributed by atoms with Crippen molar-refractivity contribution in [2.24, 2.45) is 0 Å². The van der Waals surface area contributed by atoms with Crippen molar-refractivity contribution in [1.29, 1.82) is 0 Å². The minimum Gasteiger partial charge on any atom is -0.495 e. The van der Waals surface area contributed by atoms with Gasteiger partial charge in [-0.2, -0.15) is 0 Å². The molecular formula is C12H9Br3N2O. The molecular weight excluding hydrogens is 428 g/mol. The average Bonchev–Trinajstić information content (AvgIpc) is 2.35. The molecule has 2 rings (SSSR count). The van der Waals surface area contributed by atoms with Gasteiger partial charge in [-0.05, 0) is 66.0 Å². The fourth-order valence-electron chi connectivity index (χ4n) is 1.37. The Balaban J connectivity index is 2.31. The standard InChI is InChI=1S/C12H9Br3N2O/c1-18-11-5-10(8(14)4-9(11)15)17-12-3-2-7(13)6-16-12/h2-6H,1H3,(H,16,17). The molecule has 6 heteroatoms. The van der Waals surface area contributed by atoms with Crippen molar-refractivity contribution in [2.75, 3.05) is 12.4 Å². The second kappa shape index (κ2) is 6.04. The first-order valence-corrected chi connectivity index (χ1v) is 7.39. The van der Waals surface area contributed by atoms with E-state index in [1.54, 1.807) is 13.3 Å². The van der Waals surface area contributed by atoms with E-state index in [1.165, 1.54) is 0 Å². The molecule has 0 aliphatic carbocycles. The topological polar surface area (TPSA) is 34.1 Å². The summed E-state index contributed by atoms with van der Waals surface area (Å²) in [6.45, 7) is 0. The number of nitrogens with one attached hydrogen (secondary N) is 1. The van der Waals surface area contributed by atoms with Gasteiger partial charge in [0.1, 0.15) is 11.6 Å². The van der Waals surface area contributed by atoms with Gasteiger partial charge in [0.05, 0.1) is 17.3 Å². The number of rotatable bonds is 3. The van der Waals surface area contributed by atoms with Crippen LogP contribution in [0.2, 0.25) is 0 Å². The molecule has 0 spiro atoms. The number of methoxy groups -OCH3 is 1. The van der Waals surface area contributed by atoms with Crippen LogP contribution in [-0.2, 0) is 0 Å². The predicted octanol–water partition coefficient (Wildman–Crippen LogP) is 5.12. The zero-order valence-corrected chi connectivity index (χ0v) is 14.1. The third-order valence-electron chi connectivity index (χ3n) is 2.23. The summed E-state index contributed by atoms with van der Waals surface area (Å²) in [7, 11) is 1.63. The van der Waals surface area contributed by atoms with Crippen LogP contribution in [0.15, 0.2) is 43.9 Å². The van der Waals surface area contributed by atoms with E-state index >= 15 is 0 Å². The van der Waals surface area contributed by atoms with E-state index in [-0.39, 0.29) is 0 Å². The molecule has 94 valence electrons. The summed E-state index contributed by atoms with van der Waals surface area (Å²) in [6.07, 6.45) is 1.74. The number of halogens is 3. The quantitative estimate of drug-likeness (QED) is 0.725. The van der Waals surface area contributed by atoms with Gasteiger partial charge < -0.3 is 10.1 Å². The van der Waals surface area contributed by atoms with Crippen molar-refractivity contribution >= 4 is 59.3 Å². The van der Waals surface area contributed by atoms with Crippen LogP contribution in [0, 0.1) is 0 Å². The highest BCUT2D eigenvalue weighted by Gasteiger charge is 2.07. The predicted molar refractivity (Wildman–Crippen MR) is 83.6 cm³/mol. The van der Waals surface area contributed by atoms with Gasteiger partial charge in [0.15, 0.2) is 0 Å². The maximum Gasteiger partial charge on any atom is 0.135 e. The molecule has 0 atom stereocenters. The monoisotopic (exact) mass is 434 g/mol. The first-order valence-electron chi connectivity index (χ1n) is 5.02. The Kier molecular flexibility index (Phi) is 4.64. The van der Waals surface area contributed by atoms with E-state index in [0.29, 0.717) is 0 Å². The van der Waals surface area contributed by atoms with Gasteiger partial charge in [-0.3, -0.25) is 0 Å². The first kappa shape index (κ1) is 13.8. The maximum atomic E-state index is 5.26. The van der Waals surface area contributed by atoms with Crippen LogP contribution < -0.4 is 10.1 Å². The number of nitrogens with zero attached hydrogens (tertiary/aromatic N) is 1. The Morgan fingerprint density at radius 3 is 2.50 bits per heavy atom. The van der Waals surface area contributed by atoms with Gasteiger partial charge in [0, 0.05) is 21.2 Å². The molecule has 0 fully saturated rings. The van der Waals surface area contributed by atoms with Crippen molar-refractivity contribution in [3.63, 3.8) is 0 Å². The van der Waals surface area contributed by atoms with Crippen molar-refractivity contribution in [1.82, 2.24) is 4.98 Å². The van der Waals surface area contributed by atoms with Crippen molar-refractivity contribution in [3.8, 4) is 5.75 Å². The average molecular weight is 437 g/mol. The Bertz CT molecular complexity index is 558. The van der Waals surface area contributed by atoms with E-state index in [1.807, 2.05) is 24.3 Å². The molecule has 0 aliphatic heterocycles. The molecule has 1 aromatic heterocycles. The Labute approximate surface area is 130 Å². The fraction of sp³-hybridized carbons (Fsp3) is 0.0833. The molecule has 0 unspecified atom stereocenters. The summed E-state index contributed by atoms with van der Waals surface area (Å²) >= 11 is 10.3. The molecule has 2 aromatic rings. The summed E-state index contributed by atoms with van der Waals surface area (Å²) in [6, 6.07) is 7.66. The summed E-state index contributed by atoms with van der Waals surface area (Å²) in [5, 5.41) is 3.22. The van der Waals surface area contributed by atoms with E-state index in [2.05, 4.69) is 58.1 Å². The molecule has 18 heavy (non-hydrogen) atoms. The lowest BCUT2D eigenvalue weighted by Crippen LogP contribution is -1.95. The van der Waals surface area contributed by atoms with Gasteiger partial charge in [0.25, 0.3) is 0 Å². The Morgan fingerprint density at radius 1 is 1.11 bits per heavy atom. The van der Waals surface area contributed by atoms with E-state index in [4.69, 9.17) is 4.74 Å². The lowest BCUT2D eigenvalue weighted by atomic mass is 10.3. The van der Waals surface area contributed by atoms with Gasteiger partial charge in [-0.1, -0.05) is 0 Å². The second-order valence-electron chi connectivity index (χ2n) is 3.45. The number of aromatic nitrogens is 1. The van der Waals surface area contributed by atoms with Crippen LogP contribution in [0.25, 0.3) is 0 Å². The molecule has 1 aromatic carbocycles. The van der Waals surface area contributed by atoms with E-state index < -0.39 is 0 Å². The van der Waals surface area contributed by atoms with Crippen LogP contribution in [0.3, 0.4) is 0 Å². The molecule has 1 N–H and O–H groups in total. The van der Waals surface area contributed by atoms with Crippen LogP contribution in [0.4, 0.5) is 11.5 Å². The van der Waals surface area contributed by atoms with Gasteiger partial charge in [-0.15, -0.1) is 0 Å². The lowest BCUT2D eigenvalue weighted by molar-refractivity contribution is 0.412. The molecule has 0 aliphatic rings. The smallest absolute Gasteiger partial charge is 0.135 e. The van der Waals surface area contributed by atoms with Crippen LogP contribution in [-0.4, -0.2) is 12.1 Å².